The molecule has 1 fully saturated rings. The molecule has 0 radical (unpaired) electrons. The first kappa shape index (κ1) is 30.3. The van der Waals surface area contributed by atoms with Crippen LogP contribution in [0.15, 0.2) is 76.8 Å². The van der Waals surface area contributed by atoms with Crippen molar-refractivity contribution in [3.05, 3.63) is 88.0 Å². The lowest BCUT2D eigenvalue weighted by atomic mass is 9.99. The van der Waals surface area contributed by atoms with Gasteiger partial charge in [-0.3, -0.25) is 0 Å². The predicted molar refractivity (Wildman–Crippen MR) is 150 cm³/mol. The van der Waals surface area contributed by atoms with Crippen LogP contribution in [0.3, 0.4) is 0 Å². The number of amides is 1. The van der Waals surface area contributed by atoms with Gasteiger partial charge in [0.2, 0.25) is 0 Å². The third kappa shape index (κ3) is 9.18. The van der Waals surface area contributed by atoms with Crippen LogP contribution in [0.1, 0.15) is 43.4 Å². The minimum Gasteiger partial charge on any atom is -0.489 e. The summed E-state index contributed by atoms with van der Waals surface area (Å²) < 4.78 is 42.5. The highest BCUT2D eigenvalue weighted by Gasteiger charge is 2.27. The smallest absolute Gasteiger partial charge is 0.410 e. The van der Waals surface area contributed by atoms with Crippen molar-refractivity contribution in [3.63, 3.8) is 0 Å². The van der Waals surface area contributed by atoms with E-state index in [-0.39, 0.29) is 29.5 Å². The fourth-order valence-corrected chi connectivity index (χ4v) is 4.12. The molecule has 0 heterocycles. The van der Waals surface area contributed by atoms with E-state index < -0.39 is 18.8 Å². The Morgan fingerprint density at radius 3 is 2.46 bits per heavy atom. The van der Waals surface area contributed by atoms with Crippen LogP contribution in [0.2, 0.25) is 0 Å². The fraction of sp³-hybridized carbons (Fsp3) is 0.345. The highest BCUT2D eigenvalue weighted by molar-refractivity contribution is 6.36. The molecule has 2 N–H and O–H groups in total. The van der Waals surface area contributed by atoms with Crippen LogP contribution in [0, 0.1) is 5.92 Å². The Labute approximate surface area is 237 Å². The molecule has 1 aliphatic rings. The summed E-state index contributed by atoms with van der Waals surface area (Å²) in [7, 11) is 1.60. The van der Waals surface area contributed by atoms with Crippen LogP contribution in [0.5, 0.6) is 11.5 Å². The molecule has 0 bridgehead atoms. The van der Waals surface area contributed by atoms with E-state index in [9.17, 15) is 13.6 Å². The Balaban J connectivity index is 1.93. The second kappa shape index (κ2) is 14.2. The Bertz CT molecular complexity index is 1210. The number of benzene rings is 2. The number of nitrogens with zero attached hydrogens (tertiary/aromatic N) is 1. The quantitative estimate of drug-likeness (QED) is 0.191. The number of alkyl halides is 2. The molecule has 0 unspecified atom stereocenters. The van der Waals surface area contributed by atoms with Crippen molar-refractivity contribution < 1.29 is 27.8 Å². The Morgan fingerprint density at radius 1 is 1.18 bits per heavy atom. The van der Waals surface area contributed by atoms with Gasteiger partial charge in [0.15, 0.2) is 11.5 Å². The molecule has 1 amide bonds. The first-order valence-corrected chi connectivity index (χ1v) is 13.2. The molecule has 39 heavy (non-hydrogen) atoms. The summed E-state index contributed by atoms with van der Waals surface area (Å²) in [5, 5.41) is 0.649. The van der Waals surface area contributed by atoms with Gasteiger partial charge in [0.05, 0.1) is 6.61 Å². The Morgan fingerprint density at radius 2 is 1.87 bits per heavy atom. The third-order valence-corrected chi connectivity index (χ3v) is 6.91. The second-order valence-corrected chi connectivity index (χ2v) is 9.99. The molecule has 0 spiro atoms. The van der Waals surface area contributed by atoms with E-state index in [0.29, 0.717) is 34.4 Å². The monoisotopic (exact) mass is 580 g/mol. The minimum atomic E-state index is -3.02. The van der Waals surface area contributed by atoms with Gasteiger partial charge < -0.3 is 24.8 Å². The molecular weight excluding hydrogens is 549 g/mol. The number of hydrogen-bond acceptors (Lipinski definition) is 5. The zero-order chi connectivity index (χ0) is 28.5. The molecule has 210 valence electrons. The van der Waals surface area contributed by atoms with Crippen molar-refractivity contribution in [1.82, 2.24) is 4.90 Å². The topological polar surface area (TPSA) is 74.0 Å². The molecule has 1 aliphatic carbocycles. The lowest BCUT2D eigenvalue weighted by Crippen LogP contribution is -2.28. The number of allylic oxidation sites excluding steroid dienone is 4. The maximum absolute atomic E-state index is 13.2. The average Bonchev–Trinajstić information content (AvgIpc) is 3.75. The number of nitrogen functional groups attached to an aromatic ring is 1. The van der Waals surface area contributed by atoms with E-state index in [1.165, 1.54) is 17.0 Å². The van der Waals surface area contributed by atoms with Gasteiger partial charge in [-0.15, -0.1) is 0 Å². The molecule has 0 aliphatic heterocycles. The number of carbonyl (C=O) groups excluding carboxylic acids is 1. The SMILES string of the molecule is C=C/C(Cl)=C(C[C@H](OC(=O)N(C)Cc1ccc(N)cc1)c1ccc(OC(F)F)c(OCC2CC2)c1)\C(Cl)=C/C. The van der Waals surface area contributed by atoms with Crippen molar-refractivity contribution in [2.24, 2.45) is 5.92 Å². The zero-order valence-electron chi connectivity index (χ0n) is 21.8. The van der Waals surface area contributed by atoms with E-state index in [2.05, 4.69) is 11.3 Å². The van der Waals surface area contributed by atoms with E-state index >= 15 is 0 Å². The minimum absolute atomic E-state index is 0.0899. The average molecular weight is 581 g/mol. The van der Waals surface area contributed by atoms with Gasteiger partial charge in [0.1, 0.15) is 6.10 Å². The van der Waals surface area contributed by atoms with Gasteiger partial charge in [0.25, 0.3) is 0 Å². The maximum atomic E-state index is 13.2. The summed E-state index contributed by atoms with van der Waals surface area (Å²) in [6.07, 6.45) is 3.72. The number of halogens is 4. The molecule has 2 aromatic carbocycles. The van der Waals surface area contributed by atoms with Gasteiger partial charge in [0, 0.05) is 35.8 Å². The van der Waals surface area contributed by atoms with Crippen LogP contribution in [-0.4, -0.2) is 31.3 Å². The molecule has 0 aromatic heterocycles. The summed E-state index contributed by atoms with van der Waals surface area (Å²) in [6, 6.07) is 11.6. The van der Waals surface area contributed by atoms with Gasteiger partial charge in [-0.1, -0.05) is 60.1 Å². The van der Waals surface area contributed by atoms with Crippen LogP contribution in [-0.2, 0) is 11.3 Å². The zero-order valence-corrected chi connectivity index (χ0v) is 23.4. The van der Waals surface area contributed by atoms with E-state index in [1.807, 2.05) is 12.1 Å². The van der Waals surface area contributed by atoms with Crippen LogP contribution in [0.25, 0.3) is 0 Å². The van der Waals surface area contributed by atoms with Crippen molar-refractivity contribution in [2.45, 2.75) is 45.4 Å². The summed E-state index contributed by atoms with van der Waals surface area (Å²) >= 11 is 12.9. The molecular formula is C29H32Cl2F2N2O4. The van der Waals surface area contributed by atoms with Crippen LogP contribution < -0.4 is 15.2 Å². The van der Waals surface area contributed by atoms with Crippen molar-refractivity contribution >= 4 is 35.0 Å². The number of carbonyl (C=O) groups is 1. The normalized spacial score (nSPS) is 14.9. The summed E-state index contributed by atoms with van der Waals surface area (Å²) in [4.78, 5) is 14.6. The highest BCUT2D eigenvalue weighted by Crippen LogP contribution is 2.39. The van der Waals surface area contributed by atoms with Gasteiger partial charge >= 0.3 is 12.7 Å². The Hall–Kier alpha value is -3.23. The van der Waals surface area contributed by atoms with Crippen molar-refractivity contribution in [3.8, 4) is 11.5 Å². The summed E-state index contributed by atoms with van der Waals surface area (Å²) in [5.74, 6) is 0.401. The van der Waals surface area contributed by atoms with Gasteiger partial charge in [-0.25, -0.2) is 4.79 Å². The molecule has 10 heteroatoms. The van der Waals surface area contributed by atoms with Crippen molar-refractivity contribution in [2.75, 3.05) is 19.4 Å². The van der Waals surface area contributed by atoms with Gasteiger partial charge in [-0.2, -0.15) is 8.78 Å². The molecule has 3 rings (SSSR count). The standard InChI is InChI=1S/C29H32Cl2F2N2O4/c1-4-23(30)22(24(31)5-2)15-26(39-29(36)35(3)16-18-8-11-21(34)12-9-18)20-10-13-25(38-28(32)33)27(14-20)37-17-19-6-7-19/h4-5,8-14,19,26,28H,1,6-7,15-17,34H2,2-3H3/b23-22+,24-5+/t26-/m0/s1. The summed E-state index contributed by atoms with van der Waals surface area (Å²) in [6.45, 7) is 3.08. The second-order valence-electron chi connectivity index (χ2n) is 9.18. The highest BCUT2D eigenvalue weighted by atomic mass is 35.5. The van der Waals surface area contributed by atoms with Crippen LogP contribution >= 0.6 is 23.2 Å². The molecule has 6 nitrogen and oxygen atoms in total. The lowest BCUT2D eigenvalue weighted by Gasteiger charge is -2.25. The third-order valence-electron chi connectivity index (χ3n) is 6.08. The number of rotatable bonds is 13. The van der Waals surface area contributed by atoms with E-state index in [4.69, 9.17) is 38.4 Å². The lowest BCUT2D eigenvalue weighted by molar-refractivity contribution is -0.0515. The first-order chi connectivity index (χ1) is 18.6. The van der Waals surface area contributed by atoms with E-state index in [0.717, 1.165) is 18.4 Å². The number of nitrogens with two attached hydrogens (primary N) is 1. The number of anilines is 1. The van der Waals surface area contributed by atoms with Crippen LogP contribution in [0.4, 0.5) is 19.3 Å². The predicted octanol–water partition coefficient (Wildman–Crippen LogP) is 8.18. The Kier molecular flexibility index (Phi) is 11.1. The number of hydrogen-bond donors (Lipinski definition) is 1. The summed E-state index contributed by atoms with van der Waals surface area (Å²) in [5.41, 5.74) is 8.22. The first-order valence-electron chi connectivity index (χ1n) is 12.4. The van der Waals surface area contributed by atoms with Crippen molar-refractivity contribution in [1.29, 1.82) is 0 Å². The fourth-order valence-electron chi connectivity index (χ4n) is 3.72. The molecule has 1 saturated carbocycles. The number of ether oxygens (including phenoxy) is 3. The molecule has 0 saturated heterocycles. The molecule has 1 atom stereocenters. The van der Waals surface area contributed by atoms with E-state index in [1.54, 1.807) is 44.3 Å². The van der Waals surface area contributed by atoms with Gasteiger partial charge in [-0.05, 0) is 66.6 Å². The molecule has 2 aromatic rings. The largest absolute Gasteiger partial charge is 0.489 e. The maximum Gasteiger partial charge on any atom is 0.410 e.